The fraction of sp³-hybridized carbons (Fsp3) is 0.800. The van der Waals surface area contributed by atoms with E-state index >= 15 is 0 Å². The molecule has 3 atom stereocenters. The lowest BCUT2D eigenvalue weighted by Crippen LogP contribution is -2.51. The summed E-state index contributed by atoms with van der Waals surface area (Å²) < 4.78 is 37.2. The quantitative estimate of drug-likeness (QED) is 0.763. The minimum atomic E-state index is -4.69. The Labute approximate surface area is 138 Å². The first-order chi connectivity index (χ1) is 11.0. The van der Waals surface area contributed by atoms with Crippen LogP contribution in [-0.4, -0.2) is 53.1 Å². The number of carbonyl (C=O) groups excluding carboxylic acids is 2. The van der Waals surface area contributed by atoms with Crippen molar-refractivity contribution < 1.29 is 32.7 Å². The third kappa shape index (κ3) is 6.01. The molecule has 0 saturated carbocycles. The summed E-state index contributed by atoms with van der Waals surface area (Å²) in [5.74, 6) is -3.47. The SMILES string of the molecule is CCC(C)C(=O)N1CCCC(C(=O)NC(CC(F)(F)F)C(=O)O)C1. The van der Waals surface area contributed by atoms with Crippen molar-refractivity contribution in [3.05, 3.63) is 0 Å². The van der Waals surface area contributed by atoms with Crippen molar-refractivity contribution in [2.45, 2.75) is 51.7 Å². The number of carboxylic acid groups (broad SMARTS) is 1. The van der Waals surface area contributed by atoms with Gasteiger partial charge in [-0.2, -0.15) is 13.2 Å². The molecule has 0 aromatic rings. The third-order valence-electron chi connectivity index (χ3n) is 4.19. The van der Waals surface area contributed by atoms with Crippen LogP contribution < -0.4 is 5.32 Å². The Balaban J connectivity index is 2.69. The van der Waals surface area contributed by atoms with Crippen molar-refractivity contribution in [2.24, 2.45) is 11.8 Å². The van der Waals surface area contributed by atoms with E-state index in [4.69, 9.17) is 5.11 Å². The largest absolute Gasteiger partial charge is 0.480 e. The summed E-state index contributed by atoms with van der Waals surface area (Å²) >= 11 is 0. The molecule has 138 valence electrons. The van der Waals surface area contributed by atoms with Crippen LogP contribution >= 0.6 is 0 Å². The fourth-order valence-corrected chi connectivity index (χ4v) is 2.60. The Kier molecular flexibility index (Phi) is 7.04. The Morgan fingerprint density at radius 3 is 2.46 bits per heavy atom. The van der Waals surface area contributed by atoms with Crippen molar-refractivity contribution in [2.75, 3.05) is 13.1 Å². The van der Waals surface area contributed by atoms with Gasteiger partial charge < -0.3 is 15.3 Å². The molecule has 0 bridgehead atoms. The highest BCUT2D eigenvalue weighted by Crippen LogP contribution is 2.23. The van der Waals surface area contributed by atoms with Crippen molar-refractivity contribution in [1.29, 1.82) is 0 Å². The fourth-order valence-electron chi connectivity index (χ4n) is 2.60. The second kappa shape index (κ2) is 8.34. The van der Waals surface area contributed by atoms with Gasteiger partial charge in [0.2, 0.25) is 11.8 Å². The molecule has 1 fully saturated rings. The van der Waals surface area contributed by atoms with E-state index in [0.29, 0.717) is 25.8 Å². The molecule has 1 aliphatic heterocycles. The number of carboxylic acids is 1. The van der Waals surface area contributed by atoms with Gasteiger partial charge in [0.1, 0.15) is 6.04 Å². The lowest BCUT2D eigenvalue weighted by molar-refractivity contribution is -0.160. The summed E-state index contributed by atoms with van der Waals surface area (Å²) in [7, 11) is 0. The maximum absolute atomic E-state index is 12.4. The Hall–Kier alpha value is -1.80. The highest BCUT2D eigenvalue weighted by atomic mass is 19.4. The number of amides is 2. The number of hydrogen-bond donors (Lipinski definition) is 2. The number of aliphatic carboxylic acids is 1. The topological polar surface area (TPSA) is 86.7 Å². The number of alkyl halides is 3. The highest BCUT2D eigenvalue weighted by Gasteiger charge is 2.38. The first kappa shape index (κ1) is 20.2. The van der Waals surface area contributed by atoms with Gasteiger partial charge in [0, 0.05) is 19.0 Å². The van der Waals surface area contributed by atoms with Crippen molar-refractivity contribution >= 4 is 17.8 Å². The molecule has 0 spiro atoms. The number of carbonyl (C=O) groups is 3. The number of nitrogens with zero attached hydrogens (tertiary/aromatic N) is 1. The molecule has 3 unspecified atom stereocenters. The molecule has 0 aliphatic carbocycles. The van der Waals surface area contributed by atoms with Crippen molar-refractivity contribution in [3.63, 3.8) is 0 Å². The van der Waals surface area contributed by atoms with Crippen LogP contribution in [0.15, 0.2) is 0 Å². The molecular weight excluding hydrogens is 329 g/mol. The maximum Gasteiger partial charge on any atom is 0.391 e. The first-order valence-electron chi connectivity index (χ1n) is 7.93. The van der Waals surface area contributed by atoms with Gasteiger partial charge in [-0.05, 0) is 19.3 Å². The van der Waals surface area contributed by atoms with Crippen molar-refractivity contribution in [1.82, 2.24) is 10.2 Å². The molecule has 1 heterocycles. The number of piperidine rings is 1. The molecule has 6 nitrogen and oxygen atoms in total. The van der Waals surface area contributed by atoms with E-state index in [-0.39, 0.29) is 18.4 Å². The molecule has 0 aromatic heterocycles. The zero-order valence-corrected chi connectivity index (χ0v) is 13.7. The average Bonchev–Trinajstić information content (AvgIpc) is 2.51. The van der Waals surface area contributed by atoms with Crippen LogP contribution in [0.25, 0.3) is 0 Å². The van der Waals surface area contributed by atoms with Crippen molar-refractivity contribution in [3.8, 4) is 0 Å². The molecular formula is C15H23F3N2O4. The Morgan fingerprint density at radius 2 is 1.96 bits per heavy atom. The summed E-state index contributed by atoms with van der Waals surface area (Å²) in [5.41, 5.74) is 0. The minimum absolute atomic E-state index is 0.0972. The number of likely N-dealkylation sites (tertiary alicyclic amines) is 1. The van der Waals surface area contributed by atoms with E-state index in [2.05, 4.69) is 0 Å². The zero-order chi connectivity index (χ0) is 18.5. The summed E-state index contributed by atoms with van der Waals surface area (Å²) in [6.07, 6.45) is -4.71. The highest BCUT2D eigenvalue weighted by molar-refractivity contribution is 5.86. The van der Waals surface area contributed by atoms with E-state index in [1.807, 2.05) is 12.2 Å². The van der Waals surface area contributed by atoms with Crippen LogP contribution in [0, 0.1) is 11.8 Å². The molecule has 0 radical (unpaired) electrons. The van der Waals surface area contributed by atoms with E-state index < -0.39 is 36.4 Å². The van der Waals surface area contributed by atoms with Gasteiger partial charge in [-0.3, -0.25) is 9.59 Å². The Morgan fingerprint density at radius 1 is 1.33 bits per heavy atom. The second-order valence-electron chi connectivity index (χ2n) is 6.15. The molecule has 1 saturated heterocycles. The molecule has 2 N–H and O–H groups in total. The summed E-state index contributed by atoms with van der Waals surface area (Å²) in [6.45, 7) is 4.24. The van der Waals surface area contributed by atoms with Crippen LogP contribution in [0.1, 0.15) is 39.5 Å². The van der Waals surface area contributed by atoms with Gasteiger partial charge in [-0.1, -0.05) is 13.8 Å². The molecule has 1 rings (SSSR count). The van der Waals surface area contributed by atoms with Gasteiger partial charge in [-0.25, -0.2) is 4.79 Å². The van der Waals surface area contributed by atoms with Crippen LogP contribution in [0.2, 0.25) is 0 Å². The van der Waals surface area contributed by atoms with E-state index in [9.17, 15) is 27.6 Å². The number of hydrogen-bond acceptors (Lipinski definition) is 3. The van der Waals surface area contributed by atoms with E-state index in [0.717, 1.165) is 0 Å². The molecule has 9 heteroatoms. The number of halogens is 3. The number of rotatable bonds is 6. The predicted molar refractivity (Wildman–Crippen MR) is 79.0 cm³/mol. The van der Waals surface area contributed by atoms with E-state index in [1.54, 1.807) is 6.92 Å². The molecule has 2 amide bonds. The van der Waals surface area contributed by atoms with Gasteiger partial charge in [0.25, 0.3) is 0 Å². The molecule has 1 aliphatic rings. The van der Waals surface area contributed by atoms with E-state index in [1.165, 1.54) is 4.90 Å². The molecule has 0 aromatic carbocycles. The summed E-state index contributed by atoms with van der Waals surface area (Å²) in [4.78, 5) is 36.7. The second-order valence-corrected chi connectivity index (χ2v) is 6.15. The van der Waals surface area contributed by atoms with Gasteiger partial charge in [0.15, 0.2) is 0 Å². The van der Waals surface area contributed by atoms with Crippen LogP contribution in [-0.2, 0) is 14.4 Å². The average molecular weight is 352 g/mol. The summed E-state index contributed by atoms with van der Waals surface area (Å²) in [5, 5.41) is 10.8. The lowest BCUT2D eigenvalue weighted by atomic mass is 9.95. The maximum atomic E-state index is 12.4. The Bertz CT molecular complexity index is 482. The molecule has 24 heavy (non-hydrogen) atoms. The normalized spacial score (nSPS) is 21.0. The monoisotopic (exact) mass is 352 g/mol. The number of nitrogens with one attached hydrogen (secondary N) is 1. The minimum Gasteiger partial charge on any atom is -0.480 e. The first-order valence-corrected chi connectivity index (χ1v) is 7.93. The zero-order valence-electron chi connectivity index (χ0n) is 13.7. The third-order valence-corrected chi connectivity index (χ3v) is 4.19. The summed E-state index contributed by atoms with van der Waals surface area (Å²) in [6, 6.07) is -2.02. The standard InChI is InChI=1S/C15H23F3N2O4/c1-3-9(2)13(22)20-6-4-5-10(8-20)12(21)19-11(14(23)24)7-15(16,17)18/h9-11H,3-8H2,1-2H3,(H,19,21)(H,23,24). The van der Waals surface area contributed by atoms with Crippen LogP contribution in [0.3, 0.4) is 0 Å². The van der Waals surface area contributed by atoms with Crippen LogP contribution in [0.4, 0.5) is 13.2 Å². The lowest BCUT2D eigenvalue weighted by Gasteiger charge is -2.34. The van der Waals surface area contributed by atoms with Gasteiger partial charge >= 0.3 is 12.1 Å². The van der Waals surface area contributed by atoms with Gasteiger partial charge in [-0.15, -0.1) is 0 Å². The predicted octanol–water partition coefficient (Wildman–Crippen LogP) is 1.79. The van der Waals surface area contributed by atoms with Gasteiger partial charge in [0.05, 0.1) is 12.3 Å². The van der Waals surface area contributed by atoms with Crippen LogP contribution in [0.5, 0.6) is 0 Å². The smallest absolute Gasteiger partial charge is 0.391 e.